The molecule has 5 rings (SSSR count). The molecule has 2 amide bonds. The SMILES string of the molecule is CC(=O)c1cc(C(=O)Nc2cc(COC3CCCCO3)cc(-c3cnn(C)c3)c2F)c2ccc(N(C(=O)OC(C)(C)C)C(C)(C)C)cn12. The maximum Gasteiger partial charge on any atom is 0.415 e. The lowest BCUT2D eigenvalue weighted by Gasteiger charge is -2.36. The Balaban J connectivity index is 1.52. The molecule has 4 heterocycles. The molecule has 256 valence electrons. The maximum atomic E-state index is 16.1. The summed E-state index contributed by atoms with van der Waals surface area (Å²) < 4.78 is 36.6. The minimum absolute atomic E-state index is 0.0475. The van der Waals surface area contributed by atoms with E-state index in [4.69, 9.17) is 14.2 Å². The Hall–Kier alpha value is -4.55. The van der Waals surface area contributed by atoms with Crippen LogP contribution in [0.5, 0.6) is 0 Å². The van der Waals surface area contributed by atoms with E-state index in [2.05, 4.69) is 10.4 Å². The van der Waals surface area contributed by atoms with Gasteiger partial charge >= 0.3 is 6.09 Å². The van der Waals surface area contributed by atoms with E-state index in [1.54, 1.807) is 79.8 Å². The number of Topliss-reactive ketones (excluding diaryl/α,β-unsaturated/α-hetero) is 1. The molecule has 11 nitrogen and oxygen atoms in total. The molecular formula is C36H44FN5O6. The number of nitrogens with one attached hydrogen (secondary N) is 1. The monoisotopic (exact) mass is 661 g/mol. The summed E-state index contributed by atoms with van der Waals surface area (Å²) in [5.74, 6) is -1.54. The van der Waals surface area contributed by atoms with Crippen LogP contribution in [-0.2, 0) is 27.9 Å². The maximum absolute atomic E-state index is 16.1. The van der Waals surface area contributed by atoms with Gasteiger partial charge in [-0.15, -0.1) is 0 Å². The number of nitrogens with zero attached hydrogens (tertiary/aromatic N) is 4. The van der Waals surface area contributed by atoms with E-state index in [-0.39, 0.29) is 41.2 Å². The Morgan fingerprint density at radius 2 is 1.83 bits per heavy atom. The van der Waals surface area contributed by atoms with E-state index < -0.39 is 29.0 Å². The second kappa shape index (κ2) is 13.5. The molecule has 0 bridgehead atoms. The summed E-state index contributed by atoms with van der Waals surface area (Å²) in [5.41, 5.74) is 1.23. The molecule has 3 aromatic heterocycles. The highest BCUT2D eigenvalue weighted by Crippen LogP contribution is 2.33. The fourth-order valence-corrected chi connectivity index (χ4v) is 5.70. The third-order valence-electron chi connectivity index (χ3n) is 7.83. The van der Waals surface area contributed by atoms with Gasteiger partial charge in [0.1, 0.15) is 5.60 Å². The number of benzene rings is 1. The molecule has 1 aliphatic heterocycles. The number of ketones is 1. The quantitative estimate of drug-likeness (QED) is 0.194. The number of pyridine rings is 1. The lowest BCUT2D eigenvalue weighted by Crippen LogP contribution is -2.48. The van der Waals surface area contributed by atoms with E-state index in [1.807, 2.05) is 20.8 Å². The molecule has 0 radical (unpaired) electrons. The van der Waals surface area contributed by atoms with Crippen molar-refractivity contribution < 1.29 is 33.0 Å². The summed E-state index contributed by atoms with van der Waals surface area (Å²) in [5, 5.41) is 6.92. The minimum Gasteiger partial charge on any atom is -0.443 e. The van der Waals surface area contributed by atoms with E-state index in [9.17, 15) is 14.4 Å². The topological polar surface area (TPSA) is 116 Å². The molecule has 1 aliphatic rings. The molecule has 1 fully saturated rings. The zero-order chi connectivity index (χ0) is 35.0. The number of halogens is 1. The summed E-state index contributed by atoms with van der Waals surface area (Å²) in [6.45, 7) is 13.1. The number of carbonyl (C=O) groups excluding carboxylic acids is 3. The first kappa shape index (κ1) is 34.8. The Labute approximate surface area is 279 Å². The van der Waals surface area contributed by atoms with Gasteiger partial charge in [-0.2, -0.15) is 5.10 Å². The van der Waals surface area contributed by atoms with Gasteiger partial charge in [-0.3, -0.25) is 19.2 Å². The van der Waals surface area contributed by atoms with Crippen LogP contribution in [0.1, 0.15) is 94.1 Å². The fraction of sp³-hybridized carbons (Fsp3) is 0.444. The molecule has 1 saturated heterocycles. The Kier molecular flexibility index (Phi) is 9.79. The summed E-state index contributed by atoms with van der Waals surface area (Å²) in [4.78, 5) is 41.5. The van der Waals surface area contributed by atoms with Gasteiger partial charge in [-0.1, -0.05) is 0 Å². The first-order chi connectivity index (χ1) is 22.5. The smallest absolute Gasteiger partial charge is 0.415 e. The van der Waals surface area contributed by atoms with Crippen molar-refractivity contribution in [3.63, 3.8) is 0 Å². The third-order valence-corrected chi connectivity index (χ3v) is 7.83. The van der Waals surface area contributed by atoms with Gasteiger partial charge in [0, 0.05) is 49.6 Å². The van der Waals surface area contributed by atoms with Crippen LogP contribution in [0, 0.1) is 5.82 Å². The first-order valence-corrected chi connectivity index (χ1v) is 16.1. The van der Waals surface area contributed by atoms with Gasteiger partial charge in [0.05, 0.1) is 41.0 Å². The van der Waals surface area contributed by atoms with E-state index in [1.165, 1.54) is 17.9 Å². The predicted octanol–water partition coefficient (Wildman–Crippen LogP) is 7.52. The number of aromatic nitrogens is 3. The standard InChI is InChI=1S/C36H44FN5O6/c1-22(43)30-17-27(29-13-12-25(20-41(29)30)42(35(2,3)4)34(45)48-36(5,6)7)33(44)39-28-16-23(21-47-31-11-9-10-14-46-31)15-26(32(28)37)24-18-38-40(8)19-24/h12-13,15-20,31H,9-11,14,21H2,1-8H3,(H,39,44). The van der Waals surface area contributed by atoms with Gasteiger partial charge in [-0.25, -0.2) is 9.18 Å². The number of hydrogen-bond donors (Lipinski definition) is 1. The molecule has 0 aliphatic carbocycles. The molecule has 1 aromatic carbocycles. The van der Waals surface area contributed by atoms with Crippen molar-refractivity contribution >= 4 is 34.7 Å². The lowest BCUT2D eigenvalue weighted by atomic mass is 10.0. The average Bonchev–Trinajstić information content (AvgIpc) is 3.60. The van der Waals surface area contributed by atoms with Crippen molar-refractivity contribution in [3.8, 4) is 11.1 Å². The molecule has 1 unspecified atom stereocenters. The number of amides is 2. The Morgan fingerprint density at radius 3 is 2.44 bits per heavy atom. The van der Waals surface area contributed by atoms with Crippen LogP contribution < -0.4 is 10.2 Å². The number of ether oxygens (including phenoxy) is 3. The van der Waals surface area contributed by atoms with Crippen molar-refractivity contribution in [1.82, 2.24) is 14.2 Å². The summed E-state index contributed by atoms with van der Waals surface area (Å²) in [7, 11) is 1.74. The van der Waals surface area contributed by atoms with E-state index >= 15 is 4.39 Å². The van der Waals surface area contributed by atoms with Crippen molar-refractivity contribution in [2.24, 2.45) is 7.05 Å². The number of aryl methyl sites for hydroxylation is 1. The van der Waals surface area contributed by atoms with Gasteiger partial charge in [0.15, 0.2) is 17.9 Å². The van der Waals surface area contributed by atoms with Crippen LogP contribution >= 0.6 is 0 Å². The Morgan fingerprint density at radius 1 is 1.08 bits per heavy atom. The second-order valence-corrected chi connectivity index (χ2v) is 14.1. The van der Waals surface area contributed by atoms with Crippen LogP contribution in [0.15, 0.2) is 48.9 Å². The number of anilines is 2. The molecule has 0 saturated carbocycles. The lowest BCUT2D eigenvalue weighted by molar-refractivity contribution is -0.168. The van der Waals surface area contributed by atoms with Gasteiger partial charge in [-0.05, 0) is 96.7 Å². The van der Waals surface area contributed by atoms with Gasteiger partial charge < -0.3 is 23.9 Å². The summed E-state index contributed by atoms with van der Waals surface area (Å²) in [6, 6.07) is 8.04. The second-order valence-electron chi connectivity index (χ2n) is 14.1. The van der Waals surface area contributed by atoms with Gasteiger partial charge in [0.2, 0.25) is 0 Å². The zero-order valence-electron chi connectivity index (χ0n) is 28.8. The zero-order valence-corrected chi connectivity index (χ0v) is 28.8. The fourth-order valence-electron chi connectivity index (χ4n) is 5.70. The predicted molar refractivity (Wildman–Crippen MR) is 181 cm³/mol. The van der Waals surface area contributed by atoms with Crippen LogP contribution in [0.4, 0.5) is 20.6 Å². The van der Waals surface area contributed by atoms with Gasteiger partial charge in [0.25, 0.3) is 5.91 Å². The minimum atomic E-state index is -0.729. The number of rotatable bonds is 8. The molecular weight excluding hydrogens is 617 g/mol. The first-order valence-electron chi connectivity index (χ1n) is 16.1. The molecule has 1 N–H and O–H groups in total. The highest BCUT2D eigenvalue weighted by molar-refractivity contribution is 6.11. The van der Waals surface area contributed by atoms with Crippen molar-refractivity contribution in [2.45, 2.75) is 91.8 Å². The highest BCUT2D eigenvalue weighted by atomic mass is 19.1. The number of hydrogen-bond acceptors (Lipinski definition) is 7. The van der Waals surface area contributed by atoms with Crippen LogP contribution in [0.2, 0.25) is 0 Å². The van der Waals surface area contributed by atoms with Crippen LogP contribution in [0.3, 0.4) is 0 Å². The Bertz CT molecular complexity index is 1840. The normalized spacial score (nSPS) is 15.4. The van der Waals surface area contributed by atoms with E-state index in [0.717, 1.165) is 19.3 Å². The largest absolute Gasteiger partial charge is 0.443 e. The summed E-state index contributed by atoms with van der Waals surface area (Å²) >= 11 is 0. The third kappa shape index (κ3) is 7.77. The molecule has 48 heavy (non-hydrogen) atoms. The number of carbonyl (C=O) groups is 3. The van der Waals surface area contributed by atoms with Crippen LogP contribution in [0.25, 0.3) is 16.6 Å². The molecule has 4 aromatic rings. The van der Waals surface area contributed by atoms with Crippen LogP contribution in [-0.4, -0.2) is 56.0 Å². The molecule has 12 heteroatoms. The summed E-state index contributed by atoms with van der Waals surface area (Å²) in [6.07, 6.45) is 6.72. The van der Waals surface area contributed by atoms with Crippen molar-refractivity contribution in [2.75, 3.05) is 16.8 Å². The molecule has 0 spiro atoms. The van der Waals surface area contributed by atoms with Crippen molar-refractivity contribution in [1.29, 1.82) is 0 Å². The van der Waals surface area contributed by atoms with E-state index in [0.29, 0.717) is 28.9 Å². The average molecular weight is 662 g/mol. The highest BCUT2D eigenvalue weighted by Gasteiger charge is 2.33. The van der Waals surface area contributed by atoms with Crippen molar-refractivity contribution in [3.05, 3.63) is 71.6 Å². The molecule has 1 atom stereocenters. The number of fused-ring (bicyclic) bond motifs is 1.